The van der Waals surface area contributed by atoms with Crippen LogP contribution in [0.1, 0.15) is 10.5 Å². The van der Waals surface area contributed by atoms with Crippen molar-refractivity contribution in [2.24, 2.45) is 0 Å². The zero-order valence-electron chi connectivity index (χ0n) is 9.19. The summed E-state index contributed by atoms with van der Waals surface area (Å²) in [5.74, 6) is -1.10. The van der Waals surface area contributed by atoms with Crippen LogP contribution in [0, 0.1) is 0 Å². The zero-order chi connectivity index (χ0) is 12.5. The molecular weight excluding hydrogens is 232 g/mol. The van der Waals surface area contributed by atoms with Gasteiger partial charge in [-0.2, -0.15) is 0 Å². The van der Waals surface area contributed by atoms with Gasteiger partial charge in [-0.3, -0.25) is 4.98 Å². The molecule has 18 heavy (non-hydrogen) atoms. The minimum Gasteiger partial charge on any atom is -0.476 e. The van der Waals surface area contributed by atoms with Gasteiger partial charge in [0.15, 0.2) is 5.69 Å². The summed E-state index contributed by atoms with van der Waals surface area (Å²) in [6, 6.07) is 9.34. The van der Waals surface area contributed by atoms with Gasteiger partial charge in [-0.1, -0.05) is 23.4 Å². The second kappa shape index (κ2) is 3.92. The highest BCUT2D eigenvalue weighted by atomic mass is 16.4. The topological polar surface area (TPSA) is 80.9 Å². The summed E-state index contributed by atoms with van der Waals surface area (Å²) in [5, 5.41) is 17.1. The molecule has 0 aliphatic rings. The van der Waals surface area contributed by atoms with Gasteiger partial charge in [-0.15, -0.1) is 5.10 Å². The monoisotopic (exact) mass is 240 g/mol. The lowest BCUT2D eigenvalue weighted by atomic mass is 10.2. The molecule has 0 unspecified atom stereocenters. The number of fused-ring (bicyclic) bond motifs is 1. The molecule has 0 radical (unpaired) electrons. The van der Waals surface area contributed by atoms with Crippen LogP contribution in [0.5, 0.6) is 0 Å². The van der Waals surface area contributed by atoms with Crippen molar-refractivity contribution in [3.63, 3.8) is 0 Å². The van der Waals surface area contributed by atoms with E-state index < -0.39 is 5.97 Å². The van der Waals surface area contributed by atoms with E-state index in [1.54, 1.807) is 12.3 Å². The summed E-state index contributed by atoms with van der Waals surface area (Å²) in [4.78, 5) is 15.0. The molecule has 1 N–H and O–H groups in total. The van der Waals surface area contributed by atoms with E-state index in [1.165, 1.54) is 10.9 Å². The molecule has 0 spiro atoms. The number of carboxylic acids is 1. The van der Waals surface area contributed by atoms with E-state index in [4.69, 9.17) is 5.11 Å². The number of carbonyl (C=O) groups is 1. The number of pyridine rings is 1. The molecule has 3 aromatic rings. The maximum absolute atomic E-state index is 10.8. The third kappa shape index (κ3) is 1.60. The van der Waals surface area contributed by atoms with Gasteiger partial charge in [0, 0.05) is 11.6 Å². The van der Waals surface area contributed by atoms with Gasteiger partial charge in [-0.05, 0) is 12.1 Å². The van der Waals surface area contributed by atoms with Gasteiger partial charge < -0.3 is 5.11 Å². The van der Waals surface area contributed by atoms with Gasteiger partial charge in [0.1, 0.15) is 0 Å². The Labute approximate surface area is 102 Å². The van der Waals surface area contributed by atoms with E-state index in [0.717, 1.165) is 16.6 Å². The molecule has 6 heteroatoms. The molecule has 0 atom stereocenters. The number of nitrogens with zero attached hydrogens (tertiary/aromatic N) is 4. The Morgan fingerprint density at radius 2 is 2.06 bits per heavy atom. The Kier molecular flexibility index (Phi) is 2.26. The van der Waals surface area contributed by atoms with Gasteiger partial charge in [0.25, 0.3) is 0 Å². The maximum atomic E-state index is 10.8. The van der Waals surface area contributed by atoms with Crippen LogP contribution in [0.2, 0.25) is 0 Å². The van der Waals surface area contributed by atoms with E-state index in [-0.39, 0.29) is 5.69 Å². The van der Waals surface area contributed by atoms with Crippen molar-refractivity contribution in [1.82, 2.24) is 20.0 Å². The SMILES string of the molecule is O=C(O)c1cn(-c2ccnc3ccccc23)nn1. The average molecular weight is 240 g/mol. The normalized spacial score (nSPS) is 10.7. The molecule has 0 amide bonds. The molecule has 88 valence electrons. The highest BCUT2D eigenvalue weighted by Gasteiger charge is 2.11. The summed E-state index contributed by atoms with van der Waals surface area (Å²) in [6.45, 7) is 0. The summed E-state index contributed by atoms with van der Waals surface area (Å²) >= 11 is 0. The fourth-order valence-electron chi connectivity index (χ4n) is 1.76. The second-order valence-electron chi connectivity index (χ2n) is 3.70. The number of aromatic nitrogens is 4. The first-order chi connectivity index (χ1) is 8.75. The minimum absolute atomic E-state index is 0.0871. The van der Waals surface area contributed by atoms with Crippen LogP contribution in [0.15, 0.2) is 42.7 Å². The summed E-state index contributed by atoms with van der Waals surface area (Å²) in [7, 11) is 0. The lowest BCUT2D eigenvalue weighted by molar-refractivity contribution is 0.0690. The number of carboxylic acid groups (broad SMARTS) is 1. The average Bonchev–Trinajstić information content (AvgIpc) is 2.87. The van der Waals surface area contributed by atoms with Crippen LogP contribution in [0.4, 0.5) is 0 Å². The fourth-order valence-corrected chi connectivity index (χ4v) is 1.76. The van der Waals surface area contributed by atoms with Crippen molar-refractivity contribution in [1.29, 1.82) is 0 Å². The fraction of sp³-hybridized carbons (Fsp3) is 0. The van der Waals surface area contributed by atoms with Crippen molar-refractivity contribution in [3.8, 4) is 5.69 Å². The Hall–Kier alpha value is -2.76. The van der Waals surface area contributed by atoms with Gasteiger partial charge in [0.05, 0.1) is 17.4 Å². The van der Waals surface area contributed by atoms with Crippen LogP contribution in [-0.4, -0.2) is 31.1 Å². The number of hydrogen-bond donors (Lipinski definition) is 1. The van der Waals surface area contributed by atoms with Crippen LogP contribution in [-0.2, 0) is 0 Å². The van der Waals surface area contributed by atoms with Gasteiger partial charge in [0.2, 0.25) is 0 Å². The van der Waals surface area contributed by atoms with E-state index in [1.807, 2.05) is 24.3 Å². The van der Waals surface area contributed by atoms with Gasteiger partial charge in [-0.25, -0.2) is 9.48 Å². The molecule has 1 aromatic carbocycles. The standard InChI is InChI=1S/C12H8N4O2/c17-12(18)10-7-16(15-14-10)11-5-6-13-9-4-2-1-3-8(9)11/h1-7H,(H,17,18). The highest BCUT2D eigenvalue weighted by Crippen LogP contribution is 2.19. The Bertz CT molecular complexity index is 730. The third-order valence-electron chi connectivity index (χ3n) is 2.59. The number of benzene rings is 1. The lowest BCUT2D eigenvalue weighted by Crippen LogP contribution is -1.97. The van der Waals surface area contributed by atoms with E-state index in [2.05, 4.69) is 15.3 Å². The van der Waals surface area contributed by atoms with E-state index in [0.29, 0.717) is 0 Å². The minimum atomic E-state index is -1.10. The van der Waals surface area contributed by atoms with Crippen molar-refractivity contribution in [2.75, 3.05) is 0 Å². The Balaban J connectivity index is 2.21. The first-order valence-corrected chi connectivity index (χ1v) is 5.25. The predicted octanol–water partition coefficient (Wildman–Crippen LogP) is 1.51. The Morgan fingerprint density at radius 3 is 2.83 bits per heavy atom. The number of hydrogen-bond acceptors (Lipinski definition) is 4. The number of rotatable bonds is 2. The van der Waals surface area contributed by atoms with Crippen molar-refractivity contribution >= 4 is 16.9 Å². The van der Waals surface area contributed by atoms with Crippen molar-refractivity contribution < 1.29 is 9.90 Å². The molecule has 0 bridgehead atoms. The first-order valence-electron chi connectivity index (χ1n) is 5.25. The largest absolute Gasteiger partial charge is 0.476 e. The van der Waals surface area contributed by atoms with E-state index in [9.17, 15) is 4.79 Å². The molecule has 0 fully saturated rings. The quantitative estimate of drug-likeness (QED) is 0.734. The molecule has 0 saturated heterocycles. The van der Waals surface area contributed by atoms with Crippen LogP contribution >= 0.6 is 0 Å². The molecule has 2 heterocycles. The zero-order valence-corrected chi connectivity index (χ0v) is 9.19. The van der Waals surface area contributed by atoms with Crippen molar-refractivity contribution in [3.05, 3.63) is 48.4 Å². The molecule has 0 saturated carbocycles. The lowest BCUT2D eigenvalue weighted by Gasteiger charge is -2.04. The smallest absolute Gasteiger partial charge is 0.358 e. The highest BCUT2D eigenvalue weighted by molar-refractivity contribution is 5.87. The van der Waals surface area contributed by atoms with Crippen LogP contribution in [0.25, 0.3) is 16.6 Å². The number of para-hydroxylation sites is 1. The maximum Gasteiger partial charge on any atom is 0.358 e. The molecular formula is C12H8N4O2. The van der Waals surface area contributed by atoms with Crippen LogP contribution < -0.4 is 0 Å². The molecule has 2 aromatic heterocycles. The summed E-state index contributed by atoms with van der Waals surface area (Å²) in [5.41, 5.74) is 1.49. The van der Waals surface area contributed by atoms with Gasteiger partial charge >= 0.3 is 5.97 Å². The molecule has 0 aliphatic heterocycles. The third-order valence-corrected chi connectivity index (χ3v) is 2.59. The number of aromatic carboxylic acids is 1. The summed E-state index contributed by atoms with van der Waals surface area (Å²) < 4.78 is 1.44. The van der Waals surface area contributed by atoms with E-state index >= 15 is 0 Å². The molecule has 0 aliphatic carbocycles. The van der Waals surface area contributed by atoms with Crippen molar-refractivity contribution in [2.45, 2.75) is 0 Å². The molecule has 3 rings (SSSR count). The first kappa shape index (κ1) is 10.4. The van der Waals surface area contributed by atoms with Crippen LogP contribution in [0.3, 0.4) is 0 Å². The molecule has 6 nitrogen and oxygen atoms in total. The predicted molar refractivity (Wildman–Crippen MR) is 63.6 cm³/mol. The second-order valence-corrected chi connectivity index (χ2v) is 3.70. The summed E-state index contributed by atoms with van der Waals surface area (Å²) in [6.07, 6.45) is 3.03. The Morgan fingerprint density at radius 1 is 1.22 bits per heavy atom.